The molecule has 4 aromatic rings. The number of piperidine rings is 1. The maximum absolute atomic E-state index is 11.2. The molecular weight excluding hydrogens is 522 g/mol. The summed E-state index contributed by atoms with van der Waals surface area (Å²) >= 11 is 0. The minimum Gasteiger partial charge on any atom is -0.493 e. The summed E-state index contributed by atoms with van der Waals surface area (Å²) in [6.45, 7) is 4.46. The number of aromatic hydroxyl groups is 1. The molecule has 0 spiro atoms. The Morgan fingerprint density at radius 2 is 1.83 bits per heavy atom. The zero-order valence-corrected chi connectivity index (χ0v) is 23.1. The third-order valence-electron chi connectivity index (χ3n) is 8.09. The van der Waals surface area contributed by atoms with Gasteiger partial charge in [0.25, 0.3) is 0 Å². The number of likely N-dealkylation sites (tertiary alicyclic amines) is 2. The molecule has 214 valence electrons. The predicted octanol–water partition coefficient (Wildman–Crippen LogP) is 4.76. The highest BCUT2D eigenvalue weighted by molar-refractivity contribution is 5.95. The Kier molecular flexibility index (Phi) is 7.65. The van der Waals surface area contributed by atoms with E-state index in [1.807, 2.05) is 55.6 Å². The Hall–Kier alpha value is -4.31. The number of aryl methyl sites for hydroxylation is 1. The van der Waals surface area contributed by atoms with E-state index in [1.165, 1.54) is 4.90 Å². The smallest absolute Gasteiger partial charge is 0.407 e. The third kappa shape index (κ3) is 6.07. The molecule has 41 heavy (non-hydrogen) atoms. The van der Waals surface area contributed by atoms with E-state index in [1.54, 1.807) is 16.8 Å². The second kappa shape index (κ2) is 11.7. The molecule has 0 radical (unpaired) electrons. The van der Waals surface area contributed by atoms with Crippen molar-refractivity contribution in [1.29, 1.82) is 0 Å². The summed E-state index contributed by atoms with van der Waals surface area (Å²) in [7, 11) is 1.88. The number of benzene rings is 2. The van der Waals surface area contributed by atoms with E-state index in [0.29, 0.717) is 42.8 Å². The summed E-state index contributed by atoms with van der Waals surface area (Å²) in [5.74, 6) is 1.54. The number of nitrogens with zero attached hydrogens (tertiary/aromatic N) is 5. The SMILES string of the molecule is Cn1nc(-c2ccc(OCc3ccccc3)nc2O)c2ccc(O[C@H]3CCN(CC4CCN(C(=O)O)CC4)C3)cc21. The molecule has 2 aliphatic rings. The number of amides is 1. The average Bonchev–Trinajstić information content (AvgIpc) is 3.56. The average molecular weight is 558 g/mol. The number of pyridine rings is 1. The highest BCUT2D eigenvalue weighted by Gasteiger charge is 2.29. The number of fused-ring (bicyclic) bond motifs is 1. The number of hydrogen-bond donors (Lipinski definition) is 2. The highest BCUT2D eigenvalue weighted by Crippen LogP contribution is 2.35. The van der Waals surface area contributed by atoms with Crippen molar-refractivity contribution in [1.82, 2.24) is 24.6 Å². The maximum atomic E-state index is 11.2. The number of aromatic nitrogens is 3. The Labute approximate surface area is 238 Å². The van der Waals surface area contributed by atoms with Crippen molar-refractivity contribution in [3.05, 3.63) is 66.2 Å². The first-order chi connectivity index (χ1) is 19.9. The van der Waals surface area contributed by atoms with Gasteiger partial charge >= 0.3 is 6.09 Å². The molecule has 6 rings (SSSR count). The molecule has 2 aliphatic heterocycles. The van der Waals surface area contributed by atoms with Crippen LogP contribution >= 0.6 is 0 Å². The first-order valence-corrected chi connectivity index (χ1v) is 14.1. The Morgan fingerprint density at radius 1 is 1.02 bits per heavy atom. The molecule has 2 saturated heterocycles. The van der Waals surface area contributed by atoms with Gasteiger partial charge in [0.15, 0.2) is 0 Å². The monoisotopic (exact) mass is 557 g/mol. The lowest BCUT2D eigenvalue weighted by Crippen LogP contribution is -2.40. The second-order valence-electron chi connectivity index (χ2n) is 10.9. The van der Waals surface area contributed by atoms with Crippen molar-refractivity contribution >= 4 is 17.0 Å². The zero-order chi connectivity index (χ0) is 28.3. The maximum Gasteiger partial charge on any atom is 0.407 e. The lowest BCUT2D eigenvalue weighted by Gasteiger charge is -2.32. The van der Waals surface area contributed by atoms with Crippen molar-refractivity contribution in [3.63, 3.8) is 0 Å². The van der Waals surface area contributed by atoms with E-state index in [2.05, 4.69) is 15.0 Å². The van der Waals surface area contributed by atoms with Crippen LogP contribution in [0.4, 0.5) is 4.79 Å². The van der Waals surface area contributed by atoms with Crippen LogP contribution in [0, 0.1) is 5.92 Å². The third-order valence-corrected chi connectivity index (χ3v) is 8.09. The van der Waals surface area contributed by atoms with Crippen molar-refractivity contribution in [2.24, 2.45) is 13.0 Å². The van der Waals surface area contributed by atoms with E-state index < -0.39 is 6.09 Å². The van der Waals surface area contributed by atoms with Gasteiger partial charge in [0.2, 0.25) is 11.8 Å². The van der Waals surface area contributed by atoms with E-state index >= 15 is 0 Å². The molecule has 0 unspecified atom stereocenters. The fraction of sp³-hybridized carbons (Fsp3) is 0.387. The van der Waals surface area contributed by atoms with Crippen LogP contribution in [0.1, 0.15) is 24.8 Å². The van der Waals surface area contributed by atoms with Crippen molar-refractivity contribution < 1.29 is 24.5 Å². The molecular formula is C31H35N5O5. The van der Waals surface area contributed by atoms with Crippen molar-refractivity contribution in [3.8, 4) is 28.8 Å². The minimum atomic E-state index is -0.814. The van der Waals surface area contributed by atoms with E-state index in [4.69, 9.17) is 9.47 Å². The Balaban J connectivity index is 1.08. The molecule has 0 aliphatic carbocycles. The first-order valence-electron chi connectivity index (χ1n) is 14.1. The number of carbonyl (C=O) groups is 1. The van der Waals surface area contributed by atoms with Gasteiger partial charge in [-0.05, 0) is 48.9 Å². The van der Waals surface area contributed by atoms with Gasteiger partial charge in [-0.1, -0.05) is 30.3 Å². The molecule has 1 atom stereocenters. The summed E-state index contributed by atoms with van der Waals surface area (Å²) in [6, 6.07) is 19.3. The van der Waals surface area contributed by atoms with E-state index in [9.17, 15) is 15.0 Å². The van der Waals surface area contributed by atoms with Crippen LogP contribution in [-0.4, -0.2) is 79.7 Å². The van der Waals surface area contributed by atoms with Crippen molar-refractivity contribution in [2.45, 2.75) is 32.0 Å². The molecule has 0 saturated carbocycles. The van der Waals surface area contributed by atoms with Gasteiger partial charge in [0.05, 0.1) is 11.1 Å². The number of hydrogen-bond acceptors (Lipinski definition) is 7. The molecule has 1 amide bonds. The number of rotatable bonds is 8. The summed E-state index contributed by atoms with van der Waals surface area (Å²) in [5, 5.41) is 25.5. The van der Waals surface area contributed by atoms with Gasteiger partial charge in [-0.25, -0.2) is 4.79 Å². The normalized spacial score (nSPS) is 18.2. The largest absolute Gasteiger partial charge is 0.493 e. The van der Waals surface area contributed by atoms with Crippen LogP contribution in [-0.2, 0) is 13.7 Å². The number of ether oxygens (including phenoxy) is 2. The molecule has 2 aromatic heterocycles. The van der Waals surface area contributed by atoms with Crippen LogP contribution in [0.15, 0.2) is 60.7 Å². The summed E-state index contributed by atoms with van der Waals surface area (Å²) in [6.07, 6.45) is 2.09. The fourth-order valence-corrected chi connectivity index (χ4v) is 5.86. The lowest BCUT2D eigenvalue weighted by molar-refractivity contribution is 0.114. The quantitative estimate of drug-likeness (QED) is 0.319. The van der Waals surface area contributed by atoms with Crippen molar-refractivity contribution in [2.75, 3.05) is 32.7 Å². The van der Waals surface area contributed by atoms with Gasteiger partial charge in [-0.15, -0.1) is 0 Å². The second-order valence-corrected chi connectivity index (χ2v) is 10.9. The van der Waals surface area contributed by atoms with Crippen LogP contribution in [0.25, 0.3) is 22.2 Å². The first kappa shape index (κ1) is 26.9. The summed E-state index contributed by atoms with van der Waals surface area (Å²) < 4.78 is 13.9. The minimum absolute atomic E-state index is 0.107. The summed E-state index contributed by atoms with van der Waals surface area (Å²) in [4.78, 5) is 19.4. The Bertz CT molecular complexity index is 1520. The zero-order valence-electron chi connectivity index (χ0n) is 23.1. The standard InChI is InChI=1S/C31H35N5O5/c1-34-27-17-23(41-24-13-14-35(19-24)18-21-11-15-36(16-12-21)31(38)39)7-8-25(27)29(33-34)26-9-10-28(32-30(26)37)40-20-22-5-3-2-4-6-22/h2-10,17,21,24H,11-16,18-20H2,1H3,(H,32,37)(H,38,39)/t24-/m0/s1. The van der Waals surface area contributed by atoms with Crippen LogP contribution in [0.2, 0.25) is 0 Å². The fourth-order valence-electron chi connectivity index (χ4n) is 5.86. The molecule has 10 heteroatoms. The van der Waals surface area contributed by atoms with Crippen LogP contribution in [0.5, 0.6) is 17.5 Å². The molecule has 2 aromatic carbocycles. The van der Waals surface area contributed by atoms with E-state index in [-0.39, 0.29) is 12.0 Å². The molecule has 0 bridgehead atoms. The van der Waals surface area contributed by atoms with Crippen LogP contribution in [0.3, 0.4) is 0 Å². The van der Waals surface area contributed by atoms with Gasteiger partial charge in [-0.3, -0.25) is 9.58 Å². The van der Waals surface area contributed by atoms with Gasteiger partial charge in [-0.2, -0.15) is 10.1 Å². The van der Waals surface area contributed by atoms with Gasteiger partial charge < -0.3 is 24.6 Å². The van der Waals surface area contributed by atoms with Crippen LogP contribution < -0.4 is 9.47 Å². The molecule has 2 fully saturated rings. The summed E-state index contributed by atoms with van der Waals surface area (Å²) in [5.41, 5.74) is 3.11. The number of carboxylic acid groups (broad SMARTS) is 1. The lowest BCUT2D eigenvalue weighted by atomic mass is 9.96. The van der Waals surface area contributed by atoms with E-state index in [0.717, 1.165) is 61.1 Å². The van der Waals surface area contributed by atoms with Gasteiger partial charge in [0, 0.05) is 57.3 Å². The molecule has 2 N–H and O–H groups in total. The highest BCUT2D eigenvalue weighted by atomic mass is 16.5. The topological polar surface area (TPSA) is 113 Å². The molecule has 4 heterocycles. The predicted molar refractivity (Wildman–Crippen MR) is 154 cm³/mol. The van der Waals surface area contributed by atoms with Gasteiger partial charge in [0.1, 0.15) is 24.2 Å². The molecule has 10 nitrogen and oxygen atoms in total. The Morgan fingerprint density at radius 3 is 2.59 bits per heavy atom.